The quantitative estimate of drug-likeness (QED) is 0.385. The van der Waals surface area contributed by atoms with Crippen LogP contribution in [-0.4, -0.2) is 34.0 Å². The zero-order valence-electron chi connectivity index (χ0n) is 11.6. The molecular formula is C13H16N2O3S3. The van der Waals surface area contributed by atoms with Crippen molar-refractivity contribution in [1.82, 2.24) is 9.97 Å². The summed E-state index contributed by atoms with van der Waals surface area (Å²) in [5.74, 6) is -1.37. The molecule has 1 saturated heterocycles. The van der Waals surface area contributed by atoms with Crippen LogP contribution >= 0.6 is 36.0 Å². The number of ether oxygens (including phenoxy) is 1. The largest absolute Gasteiger partial charge is 0.361 e. The smallest absolute Gasteiger partial charge is 0.207 e. The first-order chi connectivity index (χ1) is 10.1. The molecule has 2 aromatic rings. The molecule has 1 aliphatic heterocycles. The van der Waals surface area contributed by atoms with Gasteiger partial charge in [-0.3, -0.25) is 0 Å². The molecule has 0 bridgehead atoms. The first-order valence-corrected chi connectivity index (χ1v) is 9.00. The van der Waals surface area contributed by atoms with E-state index in [1.54, 1.807) is 11.8 Å². The highest BCUT2D eigenvalue weighted by Crippen LogP contribution is 2.47. The fourth-order valence-corrected chi connectivity index (χ4v) is 4.61. The van der Waals surface area contributed by atoms with Crippen molar-refractivity contribution in [2.24, 2.45) is 5.92 Å². The second kappa shape index (κ2) is 6.02. The Labute approximate surface area is 136 Å². The van der Waals surface area contributed by atoms with Crippen LogP contribution < -0.4 is 0 Å². The first kappa shape index (κ1) is 15.5. The molecule has 0 amide bonds. The van der Waals surface area contributed by atoms with Gasteiger partial charge in [-0.25, -0.2) is 9.97 Å². The predicted octanol–water partition coefficient (Wildman–Crippen LogP) is 2.84. The van der Waals surface area contributed by atoms with E-state index >= 15 is 0 Å². The van der Waals surface area contributed by atoms with E-state index in [1.165, 1.54) is 17.7 Å². The molecule has 5 nitrogen and oxygen atoms in total. The number of aromatic nitrogens is 2. The summed E-state index contributed by atoms with van der Waals surface area (Å²) in [6.45, 7) is 2.32. The summed E-state index contributed by atoms with van der Waals surface area (Å²) < 4.78 is 10.7. The highest BCUT2D eigenvalue weighted by atomic mass is 32.2. The second-order valence-electron chi connectivity index (χ2n) is 5.08. The predicted molar refractivity (Wildman–Crippen MR) is 86.7 cm³/mol. The SMILES string of the molecule is CSc1ncnc2c(C3(O)OC(COS)CC3C)scc12. The van der Waals surface area contributed by atoms with Crippen LogP contribution in [0, 0.1) is 5.92 Å². The van der Waals surface area contributed by atoms with E-state index in [9.17, 15) is 5.11 Å². The Bertz CT molecular complexity index is 651. The van der Waals surface area contributed by atoms with Crippen LogP contribution in [0.4, 0.5) is 0 Å². The van der Waals surface area contributed by atoms with Crippen LogP contribution in [0.2, 0.25) is 0 Å². The molecule has 0 spiro atoms. The van der Waals surface area contributed by atoms with Crippen LogP contribution in [0.15, 0.2) is 16.7 Å². The number of thiol groups is 1. The molecule has 8 heteroatoms. The van der Waals surface area contributed by atoms with E-state index in [0.29, 0.717) is 6.61 Å². The molecule has 0 radical (unpaired) electrons. The van der Waals surface area contributed by atoms with Crippen molar-refractivity contribution in [3.8, 4) is 0 Å². The third-order valence-corrected chi connectivity index (χ3v) is 5.70. The van der Waals surface area contributed by atoms with Gasteiger partial charge in [0, 0.05) is 16.7 Å². The molecule has 1 fully saturated rings. The zero-order chi connectivity index (χ0) is 15.0. The number of fused-ring (bicyclic) bond motifs is 1. The van der Waals surface area contributed by atoms with Crippen molar-refractivity contribution < 1.29 is 14.0 Å². The molecular weight excluding hydrogens is 328 g/mol. The van der Waals surface area contributed by atoms with Gasteiger partial charge in [-0.15, -0.1) is 23.1 Å². The molecule has 0 aliphatic carbocycles. The summed E-state index contributed by atoms with van der Waals surface area (Å²) in [4.78, 5) is 9.34. The van der Waals surface area contributed by atoms with E-state index in [2.05, 4.69) is 22.9 Å². The van der Waals surface area contributed by atoms with Crippen molar-refractivity contribution in [2.45, 2.75) is 30.3 Å². The van der Waals surface area contributed by atoms with Crippen LogP contribution in [0.5, 0.6) is 0 Å². The zero-order valence-corrected chi connectivity index (χ0v) is 14.2. The van der Waals surface area contributed by atoms with Crippen LogP contribution in [0.25, 0.3) is 10.9 Å². The van der Waals surface area contributed by atoms with Crippen molar-refractivity contribution >= 4 is 46.9 Å². The number of thiophene rings is 1. The summed E-state index contributed by atoms with van der Waals surface area (Å²) in [5.41, 5.74) is 0.765. The Morgan fingerprint density at radius 2 is 2.43 bits per heavy atom. The number of hydrogen-bond acceptors (Lipinski definition) is 8. The minimum Gasteiger partial charge on any atom is -0.361 e. The summed E-state index contributed by atoms with van der Waals surface area (Å²) >= 11 is 6.79. The average Bonchev–Trinajstić information content (AvgIpc) is 3.02. The van der Waals surface area contributed by atoms with Gasteiger partial charge in [-0.2, -0.15) is 0 Å². The molecule has 2 aromatic heterocycles. The maximum Gasteiger partial charge on any atom is 0.207 e. The van der Waals surface area contributed by atoms with Gasteiger partial charge in [0.2, 0.25) is 5.79 Å². The minimum atomic E-state index is -1.33. The van der Waals surface area contributed by atoms with Gasteiger partial charge >= 0.3 is 0 Å². The Morgan fingerprint density at radius 1 is 1.62 bits per heavy atom. The Hall–Kier alpha value is -0.380. The standard InChI is InChI=1S/C13H16N2O3S3/c1-7-3-8(4-17-19)18-13(7,16)11-10-9(5-21-11)12(20-2)15-6-14-10/h5-8,16,19H,3-4H2,1-2H3. The average molecular weight is 344 g/mol. The maximum absolute atomic E-state index is 11.0. The van der Waals surface area contributed by atoms with Crippen molar-refractivity contribution in [3.05, 3.63) is 16.6 Å². The molecule has 3 atom stereocenters. The molecule has 21 heavy (non-hydrogen) atoms. The monoisotopic (exact) mass is 344 g/mol. The van der Waals surface area contributed by atoms with Gasteiger partial charge in [-0.05, 0) is 25.6 Å². The van der Waals surface area contributed by atoms with Crippen molar-refractivity contribution in [3.63, 3.8) is 0 Å². The first-order valence-electron chi connectivity index (χ1n) is 6.53. The highest BCUT2D eigenvalue weighted by Gasteiger charge is 2.48. The van der Waals surface area contributed by atoms with E-state index in [1.807, 2.05) is 18.6 Å². The molecule has 1 N–H and O–H groups in total. The summed E-state index contributed by atoms with van der Waals surface area (Å²) in [7, 11) is 0. The summed E-state index contributed by atoms with van der Waals surface area (Å²) in [5, 5.41) is 14.9. The third kappa shape index (κ3) is 2.58. The molecule has 3 heterocycles. The second-order valence-corrected chi connectivity index (χ2v) is 7.01. The van der Waals surface area contributed by atoms with Gasteiger partial charge in [0.05, 0.1) is 23.1 Å². The van der Waals surface area contributed by atoms with Crippen molar-refractivity contribution in [2.75, 3.05) is 12.9 Å². The fraction of sp³-hybridized carbons (Fsp3) is 0.538. The Morgan fingerprint density at radius 3 is 3.14 bits per heavy atom. The van der Waals surface area contributed by atoms with Crippen LogP contribution in [-0.2, 0) is 14.7 Å². The molecule has 0 aromatic carbocycles. The van der Waals surface area contributed by atoms with Gasteiger partial charge < -0.3 is 14.0 Å². The van der Waals surface area contributed by atoms with Crippen LogP contribution in [0.3, 0.4) is 0 Å². The number of rotatable bonds is 4. The highest BCUT2D eigenvalue weighted by molar-refractivity contribution is 7.98. The van der Waals surface area contributed by atoms with E-state index in [-0.39, 0.29) is 12.0 Å². The lowest BCUT2D eigenvalue weighted by Gasteiger charge is -2.26. The molecule has 114 valence electrons. The van der Waals surface area contributed by atoms with Gasteiger partial charge in [0.1, 0.15) is 11.4 Å². The fourth-order valence-electron chi connectivity index (χ4n) is 2.69. The lowest BCUT2D eigenvalue weighted by Crippen LogP contribution is -2.31. The Balaban J connectivity index is 2.04. The van der Waals surface area contributed by atoms with E-state index < -0.39 is 5.79 Å². The van der Waals surface area contributed by atoms with E-state index in [0.717, 1.165) is 27.2 Å². The number of thioether (sulfide) groups is 1. The number of aliphatic hydroxyl groups is 1. The minimum absolute atomic E-state index is 0.0412. The van der Waals surface area contributed by atoms with Gasteiger partial charge in [0.25, 0.3) is 0 Å². The lowest BCUT2D eigenvalue weighted by atomic mass is 9.96. The molecule has 1 aliphatic rings. The molecule has 0 saturated carbocycles. The number of nitrogens with zero attached hydrogens (tertiary/aromatic N) is 2. The maximum atomic E-state index is 11.0. The molecule has 3 unspecified atom stereocenters. The van der Waals surface area contributed by atoms with Gasteiger partial charge in [-0.1, -0.05) is 6.92 Å². The molecule has 3 rings (SSSR count). The third-order valence-electron chi connectivity index (χ3n) is 3.77. The number of hydrogen-bond donors (Lipinski definition) is 2. The Kier molecular flexibility index (Phi) is 4.45. The topological polar surface area (TPSA) is 64.5 Å². The normalized spacial score (nSPS) is 29.3. The van der Waals surface area contributed by atoms with E-state index in [4.69, 9.17) is 8.92 Å². The van der Waals surface area contributed by atoms with Gasteiger partial charge in [0.15, 0.2) is 0 Å². The lowest BCUT2D eigenvalue weighted by molar-refractivity contribution is -0.218. The summed E-state index contributed by atoms with van der Waals surface area (Å²) in [6, 6.07) is 0. The van der Waals surface area contributed by atoms with Crippen molar-refractivity contribution in [1.29, 1.82) is 0 Å². The van der Waals surface area contributed by atoms with Crippen LogP contribution in [0.1, 0.15) is 18.2 Å². The summed E-state index contributed by atoms with van der Waals surface area (Å²) in [6.07, 6.45) is 4.06.